The summed E-state index contributed by atoms with van der Waals surface area (Å²) in [5.41, 5.74) is 1.56. The van der Waals surface area contributed by atoms with E-state index in [1.54, 1.807) is 17.3 Å². The van der Waals surface area contributed by atoms with Crippen LogP contribution in [0.5, 0.6) is 0 Å². The zero-order chi connectivity index (χ0) is 12.4. The molecule has 1 aliphatic heterocycles. The van der Waals surface area contributed by atoms with Crippen LogP contribution in [-0.4, -0.2) is 33.6 Å². The molecule has 1 saturated carbocycles. The summed E-state index contributed by atoms with van der Waals surface area (Å²) < 4.78 is 2.33. The second-order valence-electron chi connectivity index (χ2n) is 4.75. The Balaban J connectivity index is 1.80. The zero-order valence-corrected chi connectivity index (χ0v) is 11.8. The van der Waals surface area contributed by atoms with Gasteiger partial charge in [-0.2, -0.15) is 0 Å². The number of hydrogen-bond acceptors (Lipinski definition) is 4. The van der Waals surface area contributed by atoms with E-state index in [0.29, 0.717) is 6.04 Å². The first-order valence-electron chi connectivity index (χ1n) is 6.48. The maximum Gasteiger partial charge on any atom is 0.228 e. The Morgan fingerprint density at radius 2 is 2.06 bits per heavy atom. The van der Waals surface area contributed by atoms with E-state index in [1.165, 1.54) is 25.7 Å². The molecule has 1 aromatic rings. The molecule has 2 fully saturated rings. The maximum absolute atomic E-state index is 5.55. The lowest BCUT2D eigenvalue weighted by molar-refractivity contribution is 0.652. The quantitative estimate of drug-likeness (QED) is 0.778. The van der Waals surface area contributed by atoms with Crippen LogP contribution in [0.25, 0.3) is 0 Å². The van der Waals surface area contributed by atoms with E-state index >= 15 is 0 Å². The second-order valence-corrected chi connectivity index (χ2v) is 5.99. The van der Waals surface area contributed by atoms with Crippen molar-refractivity contribution in [2.75, 3.05) is 23.7 Å². The minimum absolute atomic E-state index is 0.623. The molecule has 6 heteroatoms. The molecule has 0 amide bonds. The topological polar surface area (TPSA) is 34.0 Å². The Hall–Kier alpha value is -0.680. The third-order valence-corrected chi connectivity index (χ3v) is 4.42. The van der Waals surface area contributed by atoms with E-state index < -0.39 is 0 Å². The molecule has 0 unspecified atom stereocenters. The van der Waals surface area contributed by atoms with Crippen LogP contribution in [0.15, 0.2) is 16.8 Å². The summed E-state index contributed by atoms with van der Waals surface area (Å²) in [5, 5.41) is 9.79. The van der Waals surface area contributed by atoms with Crippen molar-refractivity contribution < 1.29 is 0 Å². The summed E-state index contributed by atoms with van der Waals surface area (Å²) in [6.07, 6.45) is 7.01. The third kappa shape index (κ3) is 2.52. The molecular formula is C12H17ClN4S. The smallest absolute Gasteiger partial charge is 0.228 e. The van der Waals surface area contributed by atoms with Crippen molar-refractivity contribution in [2.24, 2.45) is 0 Å². The van der Waals surface area contributed by atoms with Crippen LogP contribution < -0.4 is 4.90 Å². The minimum Gasteiger partial charge on any atom is -0.341 e. The summed E-state index contributed by atoms with van der Waals surface area (Å²) in [6.45, 7) is 2.24. The average Bonchev–Trinajstić information content (AvgIpc) is 2.93. The fourth-order valence-electron chi connectivity index (χ4n) is 2.31. The van der Waals surface area contributed by atoms with Crippen molar-refractivity contribution in [3.05, 3.63) is 11.6 Å². The molecule has 0 radical (unpaired) electrons. The van der Waals surface area contributed by atoms with Crippen LogP contribution in [0.3, 0.4) is 0 Å². The van der Waals surface area contributed by atoms with Crippen LogP contribution in [-0.2, 0) is 0 Å². The second kappa shape index (κ2) is 5.53. The molecule has 0 atom stereocenters. The van der Waals surface area contributed by atoms with Crippen LogP contribution in [0.4, 0.5) is 5.95 Å². The lowest BCUT2D eigenvalue weighted by Gasteiger charge is -2.17. The predicted octanol–water partition coefficient (Wildman–Crippen LogP) is 3.06. The molecule has 4 nitrogen and oxygen atoms in total. The molecule has 1 aliphatic carbocycles. The van der Waals surface area contributed by atoms with Gasteiger partial charge in [0.1, 0.15) is 0 Å². The van der Waals surface area contributed by atoms with Crippen molar-refractivity contribution in [3.63, 3.8) is 0 Å². The Morgan fingerprint density at radius 1 is 1.28 bits per heavy atom. The van der Waals surface area contributed by atoms with Crippen molar-refractivity contribution in [1.29, 1.82) is 0 Å². The van der Waals surface area contributed by atoms with Gasteiger partial charge in [0.2, 0.25) is 5.95 Å². The lowest BCUT2D eigenvalue weighted by Crippen LogP contribution is -2.22. The molecular weight excluding hydrogens is 268 g/mol. The standard InChI is InChI=1S/C12H17ClN4S/c13-6-3-9-18-12-15-14-11(16-7-1-2-8-16)17(12)10-4-5-10/h3,6,10H,1-2,4-5,7-9H2/b6-3+. The largest absolute Gasteiger partial charge is 0.341 e. The first-order valence-corrected chi connectivity index (χ1v) is 7.90. The Bertz CT molecular complexity index is 435. The van der Waals surface area contributed by atoms with Gasteiger partial charge in [0, 0.05) is 30.4 Å². The summed E-state index contributed by atoms with van der Waals surface area (Å²) in [6, 6.07) is 0.623. The lowest BCUT2D eigenvalue weighted by atomic mass is 10.4. The Labute approximate surface area is 116 Å². The zero-order valence-electron chi connectivity index (χ0n) is 10.3. The van der Waals surface area contributed by atoms with Crippen molar-refractivity contribution >= 4 is 29.3 Å². The molecule has 18 heavy (non-hydrogen) atoms. The van der Waals surface area contributed by atoms with Gasteiger partial charge >= 0.3 is 0 Å². The van der Waals surface area contributed by atoms with Crippen molar-refractivity contribution in [2.45, 2.75) is 36.9 Å². The van der Waals surface area contributed by atoms with Gasteiger partial charge in [-0.15, -0.1) is 10.2 Å². The number of thioether (sulfide) groups is 1. The molecule has 98 valence electrons. The highest BCUT2D eigenvalue weighted by Crippen LogP contribution is 2.41. The van der Waals surface area contributed by atoms with E-state index in [1.807, 2.05) is 6.08 Å². The van der Waals surface area contributed by atoms with Gasteiger partial charge in [-0.05, 0) is 25.7 Å². The third-order valence-electron chi connectivity index (χ3n) is 3.35. The molecule has 2 aliphatic rings. The monoisotopic (exact) mass is 284 g/mol. The number of aromatic nitrogens is 3. The minimum atomic E-state index is 0.623. The van der Waals surface area contributed by atoms with Gasteiger partial charge < -0.3 is 4.90 Å². The molecule has 0 N–H and O–H groups in total. The van der Waals surface area contributed by atoms with Crippen LogP contribution >= 0.6 is 23.4 Å². The molecule has 3 rings (SSSR count). The first-order chi connectivity index (χ1) is 8.90. The van der Waals surface area contributed by atoms with Crippen LogP contribution in [0, 0.1) is 0 Å². The SMILES string of the molecule is Cl/C=C/CSc1nnc(N2CCCC2)n1C1CC1. The van der Waals surface area contributed by atoms with Gasteiger partial charge in [-0.3, -0.25) is 4.57 Å². The van der Waals surface area contributed by atoms with E-state index in [4.69, 9.17) is 11.6 Å². The van der Waals surface area contributed by atoms with Gasteiger partial charge in [-0.25, -0.2) is 0 Å². The number of halogens is 1. The van der Waals surface area contributed by atoms with E-state index in [2.05, 4.69) is 19.7 Å². The summed E-state index contributed by atoms with van der Waals surface area (Å²) in [4.78, 5) is 2.37. The fourth-order valence-corrected chi connectivity index (χ4v) is 3.32. The van der Waals surface area contributed by atoms with Crippen molar-refractivity contribution in [3.8, 4) is 0 Å². The normalized spacial score (nSPS) is 20.2. The summed E-state index contributed by atoms with van der Waals surface area (Å²) in [7, 11) is 0. The molecule has 0 bridgehead atoms. The molecule has 0 aromatic carbocycles. The van der Waals surface area contributed by atoms with Gasteiger partial charge in [0.25, 0.3) is 0 Å². The van der Waals surface area contributed by atoms with Gasteiger partial charge in [0.15, 0.2) is 5.16 Å². The highest BCUT2D eigenvalue weighted by molar-refractivity contribution is 7.99. The van der Waals surface area contributed by atoms with Crippen LogP contribution in [0.2, 0.25) is 0 Å². The number of anilines is 1. The highest BCUT2D eigenvalue weighted by Gasteiger charge is 2.32. The predicted molar refractivity (Wildman–Crippen MR) is 75.5 cm³/mol. The van der Waals surface area contributed by atoms with Gasteiger partial charge in [0.05, 0.1) is 0 Å². The average molecular weight is 285 g/mol. The molecule has 0 spiro atoms. The highest BCUT2D eigenvalue weighted by atomic mass is 35.5. The Morgan fingerprint density at radius 3 is 2.72 bits per heavy atom. The van der Waals surface area contributed by atoms with E-state index in [-0.39, 0.29) is 0 Å². The van der Waals surface area contributed by atoms with E-state index in [0.717, 1.165) is 29.9 Å². The summed E-state index contributed by atoms with van der Waals surface area (Å²) >= 11 is 7.26. The number of rotatable bonds is 5. The summed E-state index contributed by atoms with van der Waals surface area (Å²) in [5.74, 6) is 1.93. The Kier molecular flexibility index (Phi) is 3.80. The molecule has 2 heterocycles. The van der Waals surface area contributed by atoms with Crippen molar-refractivity contribution in [1.82, 2.24) is 14.8 Å². The van der Waals surface area contributed by atoms with Gasteiger partial charge in [-0.1, -0.05) is 29.4 Å². The molecule has 1 saturated heterocycles. The fraction of sp³-hybridized carbons (Fsp3) is 0.667. The number of hydrogen-bond donors (Lipinski definition) is 0. The number of nitrogens with zero attached hydrogens (tertiary/aromatic N) is 4. The van der Waals surface area contributed by atoms with E-state index in [9.17, 15) is 0 Å². The maximum atomic E-state index is 5.55. The molecule has 1 aromatic heterocycles. The first kappa shape index (κ1) is 12.4. The van der Waals surface area contributed by atoms with Crippen LogP contribution in [0.1, 0.15) is 31.7 Å².